The van der Waals surface area contributed by atoms with Gasteiger partial charge in [0.05, 0.1) is 12.8 Å². The van der Waals surface area contributed by atoms with Crippen LogP contribution in [0.3, 0.4) is 0 Å². The maximum Gasteiger partial charge on any atom is 0.267 e. The van der Waals surface area contributed by atoms with E-state index in [4.69, 9.17) is 20.6 Å². The fourth-order valence-electron chi connectivity index (χ4n) is 2.26. The van der Waals surface area contributed by atoms with Gasteiger partial charge in [0.25, 0.3) is 15.9 Å². The maximum absolute atomic E-state index is 13.6. The second kappa shape index (κ2) is 8.04. The lowest BCUT2D eigenvalue weighted by atomic mass is 10.0. The topological polar surface area (TPSA) is 118 Å². The number of ketones is 1. The summed E-state index contributed by atoms with van der Waals surface area (Å²) in [7, 11) is -5.33. The highest BCUT2D eigenvalue weighted by atomic mass is 32.2. The number of carbonyl (C=O) groups is 2. The summed E-state index contributed by atoms with van der Waals surface area (Å²) in [6.45, 7) is -12.1. The van der Waals surface area contributed by atoms with Crippen molar-refractivity contribution in [3.8, 4) is 0 Å². The van der Waals surface area contributed by atoms with Crippen molar-refractivity contribution < 1.29 is 43.2 Å². The fourth-order valence-corrected chi connectivity index (χ4v) is 4.48. The van der Waals surface area contributed by atoms with E-state index in [1.807, 2.05) is 0 Å². The molecule has 3 aromatic rings. The smallest absolute Gasteiger partial charge is 0.267 e. The molecule has 0 fully saturated rings. The minimum absolute atomic E-state index is 0.200. The molecule has 3 rings (SSSR count). The molecule has 0 radical (unpaired) electrons. The zero-order valence-electron chi connectivity index (χ0n) is 29.9. The quantitative estimate of drug-likeness (QED) is 0.529. The zero-order valence-corrected chi connectivity index (χ0v) is 16.6. The van der Waals surface area contributed by atoms with E-state index < -0.39 is 109 Å². The Morgan fingerprint density at radius 2 is 2.13 bits per heavy atom. The van der Waals surface area contributed by atoms with E-state index in [1.54, 1.807) is 0 Å². The van der Waals surface area contributed by atoms with Gasteiger partial charge in [0.1, 0.15) is 9.77 Å². The van der Waals surface area contributed by atoms with Crippen molar-refractivity contribution in [3.63, 3.8) is 0 Å². The average Bonchev–Trinajstić information content (AvgIpc) is 3.53. The first-order chi connectivity index (χ1) is 20.1. The summed E-state index contributed by atoms with van der Waals surface area (Å²) in [6.07, 6.45) is 0. The minimum Gasteiger partial charge on any atom is -0.337 e. The molecule has 10 heteroatoms. The molecule has 2 aromatic heterocycles. The molecular weight excluding hydrogens is 426 g/mol. The molecule has 0 spiro atoms. The van der Waals surface area contributed by atoms with E-state index >= 15 is 0 Å². The molecule has 0 aliphatic heterocycles. The van der Waals surface area contributed by atoms with Crippen LogP contribution in [0.5, 0.6) is 0 Å². The van der Waals surface area contributed by atoms with Crippen LogP contribution in [0, 0.1) is 27.4 Å². The number of aromatic nitrogens is 1. The summed E-state index contributed by atoms with van der Waals surface area (Å²) in [5.74, 6) is -4.04. The predicted octanol–water partition coefficient (Wildman–Crippen LogP) is 4.23. The standard InChI is InChI=1S/C20H21N3O5S2/c1-10-8-11(2)17(15(9-10)14(5)24)21-19(25)18-16(6-7-29-18)30(26,27)23-20-12(3)13(4)22-28-20/h6-9,23H,1-5H3,(H,21,25)/i1D3,2D3,3D3,4D3,9D/hD2. The molecule has 0 aliphatic carbocycles. The van der Waals surface area contributed by atoms with Crippen molar-refractivity contribution in [2.24, 2.45) is 0 Å². The Bertz CT molecular complexity index is 1770. The van der Waals surface area contributed by atoms with Crippen molar-refractivity contribution in [3.05, 3.63) is 56.4 Å². The molecule has 0 bridgehead atoms. The van der Waals surface area contributed by atoms with Gasteiger partial charge in [0, 0.05) is 27.6 Å². The molecule has 2 N–H and O–H groups in total. The van der Waals surface area contributed by atoms with E-state index in [0.29, 0.717) is 17.4 Å². The monoisotopic (exact) mass is 462 g/mol. The Labute approximate surface area is 199 Å². The molecule has 158 valence electrons. The van der Waals surface area contributed by atoms with Gasteiger partial charge in [-0.2, -0.15) is 0 Å². The number of hydrogen-bond donors (Lipinski definition) is 2. The maximum atomic E-state index is 13.6. The third-order valence-electron chi connectivity index (χ3n) is 3.58. The largest absolute Gasteiger partial charge is 0.337 e. The highest BCUT2D eigenvalue weighted by Crippen LogP contribution is 2.29. The number of sulfonamides is 1. The molecule has 2 heterocycles. The lowest BCUT2D eigenvalue weighted by Crippen LogP contribution is -2.20. The predicted molar refractivity (Wildman–Crippen MR) is 115 cm³/mol. The van der Waals surface area contributed by atoms with Gasteiger partial charge in [-0.15, -0.1) is 11.3 Å². The van der Waals surface area contributed by atoms with Crippen LogP contribution in [0.1, 0.15) is 67.2 Å². The minimum atomic E-state index is -5.33. The zero-order chi connectivity index (χ0) is 34.8. The van der Waals surface area contributed by atoms with E-state index in [2.05, 4.69) is 9.68 Å². The Balaban J connectivity index is 2.24. The Kier molecular flexibility index (Phi) is 2.53. The van der Waals surface area contributed by atoms with Crippen molar-refractivity contribution in [1.82, 2.24) is 5.16 Å². The Hall–Kier alpha value is -2.98. The molecule has 0 saturated carbocycles. The van der Waals surface area contributed by atoms with Crippen LogP contribution in [-0.4, -0.2) is 25.3 Å². The number of nitrogens with zero attached hydrogens (tertiary/aromatic N) is 1. The molecule has 0 atom stereocenters. The fraction of sp³-hybridized carbons (Fsp3) is 0.250. The van der Waals surface area contributed by atoms with E-state index in [0.717, 1.165) is 18.4 Å². The van der Waals surface area contributed by atoms with Gasteiger partial charge in [0.2, 0.25) is 5.88 Å². The lowest BCUT2D eigenvalue weighted by molar-refractivity contribution is 0.101. The third kappa shape index (κ3) is 4.14. The third-order valence-corrected chi connectivity index (χ3v) is 5.92. The van der Waals surface area contributed by atoms with Crippen LogP contribution in [0.2, 0.25) is 2.82 Å². The summed E-state index contributed by atoms with van der Waals surface area (Å²) < 4.78 is 148. The number of aryl methyl sites for hydroxylation is 3. The summed E-state index contributed by atoms with van der Waals surface area (Å²) >= 11 is 0.368. The van der Waals surface area contributed by atoms with Gasteiger partial charge in [-0.25, -0.2) is 13.1 Å². The number of amides is 1. The van der Waals surface area contributed by atoms with Gasteiger partial charge in [-0.1, -0.05) is 11.2 Å². The van der Waals surface area contributed by atoms with Crippen LogP contribution < -0.4 is 10.0 Å². The average molecular weight is 463 g/mol. The van der Waals surface area contributed by atoms with Crippen molar-refractivity contribution >= 4 is 44.6 Å². The first-order valence-corrected chi connectivity index (χ1v) is 10.1. The molecule has 0 saturated heterocycles. The number of rotatable bonds is 6. The number of carbonyl (C=O) groups excluding carboxylic acids is 2. The van der Waals surface area contributed by atoms with Crippen LogP contribution >= 0.6 is 11.3 Å². The van der Waals surface area contributed by atoms with Crippen molar-refractivity contribution in [1.29, 1.82) is 0 Å². The Morgan fingerprint density at radius 3 is 2.80 bits per heavy atom. The normalized spacial score (nSPS) is 20.4. The molecule has 8 nitrogen and oxygen atoms in total. The van der Waals surface area contributed by atoms with Gasteiger partial charge < -0.3 is 9.83 Å². The first kappa shape index (κ1) is 9.44. The van der Waals surface area contributed by atoms with Crippen LogP contribution in [-0.2, 0) is 10.0 Å². The number of hydrogen-bond acceptors (Lipinski definition) is 7. The highest BCUT2D eigenvalue weighted by Gasteiger charge is 2.27. The van der Waals surface area contributed by atoms with Crippen LogP contribution in [0.15, 0.2) is 33.0 Å². The van der Waals surface area contributed by atoms with E-state index in [-0.39, 0.29) is 5.31 Å². The molecule has 1 aromatic carbocycles. The van der Waals surface area contributed by atoms with Crippen LogP contribution in [0.4, 0.5) is 11.6 Å². The molecule has 30 heavy (non-hydrogen) atoms. The van der Waals surface area contributed by atoms with E-state index in [1.165, 1.54) is 0 Å². The second-order valence-corrected chi connectivity index (χ2v) is 8.17. The number of benzene rings is 1. The van der Waals surface area contributed by atoms with Gasteiger partial charge in [0.15, 0.2) is 8.61 Å². The summed E-state index contributed by atoms with van der Waals surface area (Å²) in [4.78, 5) is 24.2. The SMILES string of the molecule is [2H]c1c(C([2H])([2H])[2H])cc(C([2H])([2H])[2H])c(N([2H])C(=O)c2sccc2S(=O)(=O)N([2H])c2onc(C([2H])([2H])[2H])c2C([2H])([2H])[2H])c1C(C)=O. The number of thiophene rings is 1. The molecule has 1 amide bonds. The Morgan fingerprint density at radius 1 is 1.30 bits per heavy atom. The van der Waals surface area contributed by atoms with Gasteiger partial charge >= 0.3 is 0 Å². The number of nitrogens with one attached hydrogen (secondary N) is 2. The molecule has 0 unspecified atom stereocenters. The second-order valence-electron chi connectivity index (χ2n) is 5.69. The lowest BCUT2D eigenvalue weighted by Gasteiger charge is -2.14. The van der Waals surface area contributed by atoms with Gasteiger partial charge in [-0.3, -0.25) is 9.59 Å². The first-order valence-electron chi connectivity index (χ1n) is 15.2. The summed E-state index contributed by atoms with van der Waals surface area (Å²) in [5.41, 5.74) is -6.17. The number of Topliss-reactive ketones (excluding diaryl/α,β-unsaturated/α-hetero) is 1. The van der Waals surface area contributed by atoms with E-state index in [9.17, 15) is 18.0 Å². The summed E-state index contributed by atoms with van der Waals surface area (Å²) in [5, 5.41) is 3.92. The van der Waals surface area contributed by atoms with Crippen LogP contribution in [0.25, 0.3) is 0 Å². The molecule has 0 aliphatic rings. The summed E-state index contributed by atoms with van der Waals surface area (Å²) in [6, 6.07) is 0.293. The van der Waals surface area contributed by atoms with Crippen molar-refractivity contribution in [2.75, 3.05) is 10.0 Å². The van der Waals surface area contributed by atoms with Crippen molar-refractivity contribution in [2.45, 2.75) is 39.2 Å². The molecular formula is C20H21N3O5S2. The van der Waals surface area contributed by atoms with Gasteiger partial charge in [-0.05, 0) is 62.9 Å². The number of anilines is 2. The highest BCUT2D eigenvalue weighted by molar-refractivity contribution is 7.93.